The molecule has 70 valence electrons. The molecule has 0 saturated carbocycles. The van der Waals surface area contributed by atoms with Gasteiger partial charge in [-0.05, 0) is 12.3 Å². The minimum absolute atomic E-state index is 0.618. The molecule has 0 amide bonds. The fourth-order valence-electron chi connectivity index (χ4n) is 0.617. The molecule has 0 bridgehead atoms. The van der Waals surface area contributed by atoms with Crippen molar-refractivity contribution < 1.29 is 8.42 Å². The summed E-state index contributed by atoms with van der Waals surface area (Å²) in [5, 5.41) is 1.20. The van der Waals surface area contributed by atoms with E-state index < -0.39 is 9.84 Å². The largest absolute Gasteiger partial charge is 0.225 e. The van der Waals surface area contributed by atoms with Gasteiger partial charge < -0.3 is 0 Å². The van der Waals surface area contributed by atoms with E-state index in [1.54, 1.807) is 12.2 Å². The number of sulfone groups is 1. The van der Waals surface area contributed by atoms with Gasteiger partial charge in [0.05, 0.1) is 0 Å². The Labute approximate surface area is 74.9 Å². The van der Waals surface area contributed by atoms with Crippen molar-refractivity contribution in [1.82, 2.24) is 0 Å². The predicted molar refractivity (Wildman–Crippen MR) is 52.6 cm³/mol. The molecule has 0 aromatic heterocycles. The maximum absolute atomic E-state index is 10.6. The van der Waals surface area contributed by atoms with E-state index >= 15 is 0 Å². The Morgan fingerprint density at radius 3 is 2.25 bits per heavy atom. The van der Waals surface area contributed by atoms with Crippen molar-refractivity contribution in [3.63, 3.8) is 0 Å². The molecule has 0 aromatic carbocycles. The fourth-order valence-corrected chi connectivity index (χ4v) is 0.994. The molecular formula is C9H16O2S. The van der Waals surface area contributed by atoms with Crippen molar-refractivity contribution in [2.75, 3.05) is 6.26 Å². The average molecular weight is 188 g/mol. The predicted octanol–water partition coefficient (Wildman–Crippen LogP) is 2.15. The maximum Gasteiger partial charge on any atom is 0.168 e. The second kappa shape index (κ2) is 5.14. The van der Waals surface area contributed by atoms with Gasteiger partial charge in [0.1, 0.15) is 0 Å². The lowest BCUT2D eigenvalue weighted by molar-refractivity contribution is 0.610. The molecule has 0 radical (unpaired) electrons. The molecular weight excluding hydrogens is 172 g/mol. The zero-order chi connectivity index (χ0) is 9.61. The Morgan fingerprint density at radius 2 is 1.83 bits per heavy atom. The van der Waals surface area contributed by atoms with Gasteiger partial charge in [0.15, 0.2) is 9.84 Å². The third-order valence-electron chi connectivity index (χ3n) is 1.18. The summed E-state index contributed by atoms with van der Waals surface area (Å²) in [6.45, 7) is 4.23. The van der Waals surface area contributed by atoms with Gasteiger partial charge in [-0.15, -0.1) is 0 Å². The van der Waals surface area contributed by atoms with E-state index in [2.05, 4.69) is 13.8 Å². The minimum Gasteiger partial charge on any atom is -0.225 e. The summed E-state index contributed by atoms with van der Waals surface area (Å²) in [6.07, 6.45) is 7.44. The van der Waals surface area contributed by atoms with Gasteiger partial charge in [-0.25, -0.2) is 8.42 Å². The van der Waals surface area contributed by atoms with Crippen LogP contribution < -0.4 is 0 Å². The summed E-state index contributed by atoms with van der Waals surface area (Å²) in [5.41, 5.74) is 0. The van der Waals surface area contributed by atoms with E-state index in [1.807, 2.05) is 6.08 Å². The van der Waals surface area contributed by atoms with E-state index in [1.165, 1.54) is 11.7 Å². The second-order valence-corrected chi connectivity index (χ2v) is 5.15. The fraction of sp³-hybridized carbons (Fsp3) is 0.556. The first-order valence-electron chi connectivity index (χ1n) is 3.95. The Morgan fingerprint density at radius 1 is 1.25 bits per heavy atom. The topological polar surface area (TPSA) is 34.1 Å². The average Bonchev–Trinajstić information content (AvgIpc) is 1.83. The van der Waals surface area contributed by atoms with E-state index in [0.717, 1.165) is 6.42 Å². The first kappa shape index (κ1) is 11.4. The van der Waals surface area contributed by atoms with Gasteiger partial charge in [-0.3, -0.25) is 0 Å². The highest BCUT2D eigenvalue weighted by Crippen LogP contribution is 1.99. The quantitative estimate of drug-likeness (QED) is 0.633. The smallest absolute Gasteiger partial charge is 0.168 e. The van der Waals surface area contributed by atoms with E-state index in [4.69, 9.17) is 0 Å². The monoisotopic (exact) mass is 188 g/mol. The third-order valence-corrected chi connectivity index (χ3v) is 1.83. The maximum atomic E-state index is 10.6. The summed E-state index contributed by atoms with van der Waals surface area (Å²) in [7, 11) is -2.96. The minimum atomic E-state index is -2.96. The van der Waals surface area contributed by atoms with Gasteiger partial charge in [0.2, 0.25) is 0 Å². The highest BCUT2D eigenvalue weighted by molar-refractivity contribution is 7.93. The molecule has 0 aliphatic carbocycles. The normalized spacial score (nSPS) is 13.7. The van der Waals surface area contributed by atoms with Gasteiger partial charge in [-0.1, -0.05) is 32.1 Å². The molecule has 0 unspecified atom stereocenters. The first-order valence-corrected chi connectivity index (χ1v) is 5.90. The number of hydrogen-bond acceptors (Lipinski definition) is 2. The summed E-state index contributed by atoms with van der Waals surface area (Å²) in [5.74, 6) is 0.618. The van der Waals surface area contributed by atoms with E-state index in [-0.39, 0.29) is 0 Å². The van der Waals surface area contributed by atoms with Crippen molar-refractivity contribution >= 4 is 9.84 Å². The van der Waals surface area contributed by atoms with Crippen LogP contribution in [0.2, 0.25) is 0 Å². The molecule has 0 aromatic rings. The molecule has 0 saturated heterocycles. The number of hydrogen-bond donors (Lipinski definition) is 0. The van der Waals surface area contributed by atoms with Crippen LogP contribution in [0.4, 0.5) is 0 Å². The summed E-state index contributed by atoms with van der Waals surface area (Å²) >= 11 is 0. The first-order chi connectivity index (χ1) is 5.42. The molecule has 0 heterocycles. The van der Waals surface area contributed by atoms with Crippen LogP contribution in [0.3, 0.4) is 0 Å². The Kier molecular flexibility index (Phi) is 4.90. The molecule has 0 aliphatic rings. The standard InChI is InChI=1S/C9H16O2S/c1-9(2)7-5-4-6-8-12(3,10)11/h4-6,8-9H,7H2,1-3H3. The molecule has 0 atom stereocenters. The Balaban J connectivity index is 3.83. The van der Waals surface area contributed by atoms with Crippen molar-refractivity contribution in [3.8, 4) is 0 Å². The lowest BCUT2D eigenvalue weighted by Crippen LogP contribution is -1.86. The Bertz CT molecular complexity index is 258. The van der Waals surface area contributed by atoms with Crippen LogP contribution in [0.5, 0.6) is 0 Å². The molecule has 0 spiro atoms. The van der Waals surface area contributed by atoms with Crippen LogP contribution >= 0.6 is 0 Å². The van der Waals surface area contributed by atoms with Gasteiger partial charge in [0.25, 0.3) is 0 Å². The lowest BCUT2D eigenvalue weighted by Gasteiger charge is -1.94. The highest BCUT2D eigenvalue weighted by atomic mass is 32.2. The van der Waals surface area contributed by atoms with E-state index in [0.29, 0.717) is 5.92 Å². The van der Waals surface area contributed by atoms with Gasteiger partial charge in [-0.2, -0.15) is 0 Å². The summed E-state index contributed by atoms with van der Waals surface area (Å²) < 4.78 is 21.2. The summed E-state index contributed by atoms with van der Waals surface area (Å²) in [4.78, 5) is 0. The Hall–Kier alpha value is -0.570. The molecule has 3 heteroatoms. The van der Waals surface area contributed by atoms with Crippen molar-refractivity contribution in [2.45, 2.75) is 20.3 Å². The molecule has 12 heavy (non-hydrogen) atoms. The third kappa shape index (κ3) is 9.43. The van der Waals surface area contributed by atoms with Crippen LogP contribution in [0, 0.1) is 5.92 Å². The summed E-state index contributed by atoms with van der Waals surface area (Å²) in [6, 6.07) is 0. The van der Waals surface area contributed by atoms with Crippen LogP contribution in [-0.4, -0.2) is 14.7 Å². The van der Waals surface area contributed by atoms with Crippen LogP contribution in [0.1, 0.15) is 20.3 Å². The number of rotatable bonds is 4. The molecule has 0 fully saturated rings. The van der Waals surface area contributed by atoms with E-state index in [9.17, 15) is 8.42 Å². The number of allylic oxidation sites excluding steroid dienone is 3. The van der Waals surface area contributed by atoms with Gasteiger partial charge >= 0.3 is 0 Å². The SMILES string of the molecule is CC(C)CC=CC=CS(C)(=O)=O. The molecule has 2 nitrogen and oxygen atoms in total. The van der Waals surface area contributed by atoms with Crippen molar-refractivity contribution in [2.24, 2.45) is 5.92 Å². The van der Waals surface area contributed by atoms with Crippen LogP contribution in [-0.2, 0) is 9.84 Å². The van der Waals surface area contributed by atoms with Crippen molar-refractivity contribution in [3.05, 3.63) is 23.6 Å². The van der Waals surface area contributed by atoms with Gasteiger partial charge in [0, 0.05) is 11.7 Å². The molecule has 0 N–H and O–H groups in total. The van der Waals surface area contributed by atoms with Crippen LogP contribution in [0.25, 0.3) is 0 Å². The molecule has 0 rings (SSSR count). The second-order valence-electron chi connectivity index (χ2n) is 3.22. The zero-order valence-corrected chi connectivity index (χ0v) is 8.64. The van der Waals surface area contributed by atoms with Crippen LogP contribution in [0.15, 0.2) is 23.6 Å². The van der Waals surface area contributed by atoms with Crippen molar-refractivity contribution in [1.29, 1.82) is 0 Å². The molecule has 0 aliphatic heterocycles. The zero-order valence-electron chi connectivity index (χ0n) is 7.82. The highest BCUT2D eigenvalue weighted by Gasteiger charge is 1.89. The lowest BCUT2D eigenvalue weighted by atomic mass is 10.1.